The summed E-state index contributed by atoms with van der Waals surface area (Å²) in [5.41, 5.74) is 5.74. The van der Waals surface area contributed by atoms with Crippen LogP contribution in [0.1, 0.15) is 32.1 Å². The fourth-order valence-electron chi connectivity index (χ4n) is 2.76. The van der Waals surface area contributed by atoms with Crippen LogP contribution in [-0.2, 0) is 4.79 Å². The summed E-state index contributed by atoms with van der Waals surface area (Å²) in [5, 5.41) is 2.99. The SMILES string of the molecule is NCC1CCCN1C1CCCCNC1=O. The number of rotatable bonds is 2. The van der Waals surface area contributed by atoms with Crippen molar-refractivity contribution in [2.75, 3.05) is 19.6 Å². The minimum Gasteiger partial charge on any atom is -0.355 e. The molecule has 4 nitrogen and oxygen atoms in total. The van der Waals surface area contributed by atoms with Gasteiger partial charge < -0.3 is 11.1 Å². The van der Waals surface area contributed by atoms with Gasteiger partial charge in [-0.15, -0.1) is 0 Å². The van der Waals surface area contributed by atoms with Crippen LogP contribution in [0.2, 0.25) is 0 Å². The van der Waals surface area contributed by atoms with Gasteiger partial charge in [-0.05, 0) is 38.6 Å². The molecule has 4 heteroatoms. The van der Waals surface area contributed by atoms with Crippen LogP contribution in [-0.4, -0.2) is 42.5 Å². The predicted molar refractivity (Wildman–Crippen MR) is 59.4 cm³/mol. The highest BCUT2D eigenvalue weighted by Gasteiger charge is 2.34. The van der Waals surface area contributed by atoms with E-state index in [1.54, 1.807) is 0 Å². The van der Waals surface area contributed by atoms with E-state index in [-0.39, 0.29) is 11.9 Å². The first kappa shape index (κ1) is 10.9. The van der Waals surface area contributed by atoms with E-state index in [9.17, 15) is 4.79 Å². The van der Waals surface area contributed by atoms with E-state index in [0.717, 1.165) is 38.8 Å². The summed E-state index contributed by atoms with van der Waals surface area (Å²) in [5.74, 6) is 0.216. The molecule has 0 aliphatic carbocycles. The average Bonchev–Trinajstić information content (AvgIpc) is 2.61. The Morgan fingerprint density at radius 3 is 3.00 bits per heavy atom. The third-order valence-corrected chi connectivity index (χ3v) is 3.60. The number of nitrogens with zero attached hydrogens (tertiary/aromatic N) is 1. The molecule has 2 atom stereocenters. The van der Waals surface area contributed by atoms with E-state index in [4.69, 9.17) is 5.73 Å². The molecule has 0 aromatic rings. The number of nitrogens with one attached hydrogen (secondary N) is 1. The Labute approximate surface area is 91.2 Å². The molecule has 2 unspecified atom stereocenters. The van der Waals surface area contributed by atoms with Gasteiger partial charge in [-0.25, -0.2) is 0 Å². The molecule has 2 fully saturated rings. The minimum atomic E-state index is 0.0866. The molecule has 0 bridgehead atoms. The Kier molecular flexibility index (Phi) is 3.59. The van der Waals surface area contributed by atoms with Crippen molar-refractivity contribution in [3.05, 3.63) is 0 Å². The number of carbonyl (C=O) groups excluding carboxylic acids is 1. The van der Waals surface area contributed by atoms with Crippen molar-refractivity contribution < 1.29 is 4.79 Å². The van der Waals surface area contributed by atoms with E-state index in [1.165, 1.54) is 6.42 Å². The second kappa shape index (κ2) is 4.94. The molecular weight excluding hydrogens is 190 g/mol. The molecule has 0 aromatic carbocycles. The summed E-state index contributed by atoms with van der Waals surface area (Å²) >= 11 is 0. The minimum absolute atomic E-state index is 0.0866. The Hall–Kier alpha value is -0.610. The lowest BCUT2D eigenvalue weighted by molar-refractivity contribution is -0.126. The summed E-state index contributed by atoms with van der Waals surface area (Å²) in [6, 6.07) is 0.516. The molecular formula is C11H21N3O. The first-order valence-electron chi connectivity index (χ1n) is 6.06. The normalized spacial score (nSPS) is 33.8. The van der Waals surface area contributed by atoms with Gasteiger partial charge in [0.2, 0.25) is 5.91 Å². The molecule has 2 heterocycles. The lowest BCUT2D eigenvalue weighted by Gasteiger charge is -2.30. The monoisotopic (exact) mass is 211 g/mol. The Morgan fingerprint density at radius 1 is 1.33 bits per heavy atom. The third-order valence-electron chi connectivity index (χ3n) is 3.60. The first-order valence-corrected chi connectivity index (χ1v) is 6.06. The zero-order valence-electron chi connectivity index (χ0n) is 9.24. The fourth-order valence-corrected chi connectivity index (χ4v) is 2.76. The second-order valence-electron chi connectivity index (χ2n) is 4.57. The lowest BCUT2D eigenvalue weighted by Crippen LogP contribution is -2.49. The Balaban J connectivity index is 2.03. The summed E-state index contributed by atoms with van der Waals surface area (Å²) in [4.78, 5) is 14.2. The zero-order chi connectivity index (χ0) is 10.7. The number of nitrogens with two attached hydrogens (primary N) is 1. The predicted octanol–water partition coefficient (Wildman–Crippen LogP) is 0.0782. The standard InChI is InChI=1S/C11H21N3O/c12-8-9-4-3-7-14(9)10-5-1-2-6-13-11(10)15/h9-10H,1-8,12H2,(H,13,15). The van der Waals surface area contributed by atoms with Gasteiger partial charge in [-0.2, -0.15) is 0 Å². The van der Waals surface area contributed by atoms with Crippen LogP contribution in [0.3, 0.4) is 0 Å². The van der Waals surface area contributed by atoms with Crippen molar-refractivity contribution in [3.8, 4) is 0 Å². The van der Waals surface area contributed by atoms with Crippen molar-refractivity contribution in [2.24, 2.45) is 5.73 Å². The maximum atomic E-state index is 11.9. The fraction of sp³-hybridized carbons (Fsp3) is 0.909. The molecule has 0 saturated carbocycles. The quantitative estimate of drug-likeness (QED) is 0.680. The van der Waals surface area contributed by atoms with Crippen LogP contribution >= 0.6 is 0 Å². The maximum Gasteiger partial charge on any atom is 0.237 e. The van der Waals surface area contributed by atoms with Gasteiger partial charge in [0, 0.05) is 19.1 Å². The molecule has 2 aliphatic rings. The number of hydrogen-bond acceptors (Lipinski definition) is 3. The molecule has 0 spiro atoms. The van der Waals surface area contributed by atoms with Crippen LogP contribution < -0.4 is 11.1 Å². The van der Waals surface area contributed by atoms with Crippen LogP contribution in [0.4, 0.5) is 0 Å². The molecule has 0 radical (unpaired) electrons. The van der Waals surface area contributed by atoms with Crippen LogP contribution in [0.15, 0.2) is 0 Å². The third kappa shape index (κ3) is 2.32. The zero-order valence-corrected chi connectivity index (χ0v) is 9.24. The first-order chi connectivity index (χ1) is 7.33. The highest BCUT2D eigenvalue weighted by molar-refractivity contribution is 5.82. The molecule has 0 aromatic heterocycles. The Bertz CT molecular complexity index is 232. The molecule has 2 rings (SSSR count). The summed E-state index contributed by atoms with van der Waals surface area (Å²) in [6.07, 6.45) is 5.61. The molecule has 15 heavy (non-hydrogen) atoms. The maximum absolute atomic E-state index is 11.9. The van der Waals surface area contributed by atoms with Crippen molar-refractivity contribution >= 4 is 5.91 Å². The topological polar surface area (TPSA) is 58.4 Å². The van der Waals surface area contributed by atoms with Crippen molar-refractivity contribution in [1.29, 1.82) is 0 Å². The number of likely N-dealkylation sites (tertiary alicyclic amines) is 1. The highest BCUT2D eigenvalue weighted by Crippen LogP contribution is 2.23. The van der Waals surface area contributed by atoms with Gasteiger partial charge in [0.25, 0.3) is 0 Å². The van der Waals surface area contributed by atoms with Crippen LogP contribution in [0.25, 0.3) is 0 Å². The van der Waals surface area contributed by atoms with Gasteiger partial charge in [0.15, 0.2) is 0 Å². The van der Waals surface area contributed by atoms with Crippen molar-refractivity contribution in [3.63, 3.8) is 0 Å². The van der Waals surface area contributed by atoms with Crippen LogP contribution in [0.5, 0.6) is 0 Å². The lowest BCUT2D eigenvalue weighted by atomic mass is 10.1. The summed E-state index contributed by atoms with van der Waals surface area (Å²) in [6.45, 7) is 2.57. The molecule has 3 N–H and O–H groups in total. The smallest absolute Gasteiger partial charge is 0.237 e. The van der Waals surface area contributed by atoms with Crippen LogP contribution in [0, 0.1) is 0 Å². The van der Waals surface area contributed by atoms with Gasteiger partial charge in [0.05, 0.1) is 6.04 Å². The van der Waals surface area contributed by atoms with E-state index in [0.29, 0.717) is 12.6 Å². The Morgan fingerprint density at radius 2 is 2.20 bits per heavy atom. The molecule has 86 valence electrons. The molecule has 2 aliphatic heterocycles. The van der Waals surface area contributed by atoms with Crippen molar-refractivity contribution in [2.45, 2.75) is 44.2 Å². The van der Waals surface area contributed by atoms with Gasteiger partial charge in [-0.1, -0.05) is 0 Å². The summed E-state index contributed by atoms with van der Waals surface area (Å²) in [7, 11) is 0. The van der Waals surface area contributed by atoms with Gasteiger partial charge in [0.1, 0.15) is 0 Å². The van der Waals surface area contributed by atoms with E-state index < -0.39 is 0 Å². The van der Waals surface area contributed by atoms with E-state index >= 15 is 0 Å². The second-order valence-corrected chi connectivity index (χ2v) is 4.57. The van der Waals surface area contributed by atoms with E-state index in [1.807, 2.05) is 0 Å². The molecule has 1 amide bonds. The number of hydrogen-bond donors (Lipinski definition) is 2. The van der Waals surface area contributed by atoms with Gasteiger partial charge >= 0.3 is 0 Å². The summed E-state index contributed by atoms with van der Waals surface area (Å²) < 4.78 is 0. The largest absolute Gasteiger partial charge is 0.355 e. The van der Waals surface area contributed by atoms with E-state index in [2.05, 4.69) is 10.2 Å². The van der Waals surface area contributed by atoms with Crippen molar-refractivity contribution in [1.82, 2.24) is 10.2 Å². The average molecular weight is 211 g/mol. The number of carbonyl (C=O) groups is 1. The molecule has 2 saturated heterocycles. The highest BCUT2D eigenvalue weighted by atomic mass is 16.2. The number of amides is 1. The van der Waals surface area contributed by atoms with Gasteiger partial charge in [-0.3, -0.25) is 9.69 Å².